The molecule has 1 saturated carbocycles. The quantitative estimate of drug-likeness (QED) is 0.784. The largest absolute Gasteiger partial charge is 0.476 e. The fraction of sp³-hybridized carbons (Fsp3) is 0.533. The first kappa shape index (κ1) is 12.0. The molecule has 2 nitrogen and oxygen atoms in total. The van der Waals surface area contributed by atoms with Gasteiger partial charge in [-0.15, -0.1) is 0 Å². The van der Waals surface area contributed by atoms with Crippen LogP contribution in [0.5, 0.6) is 5.75 Å². The maximum absolute atomic E-state index is 8.68. The molecule has 17 heavy (non-hydrogen) atoms. The molecule has 1 fully saturated rings. The molecule has 1 unspecified atom stereocenters. The van der Waals surface area contributed by atoms with E-state index in [9.17, 15) is 0 Å². The van der Waals surface area contributed by atoms with Crippen molar-refractivity contribution in [3.63, 3.8) is 0 Å². The van der Waals surface area contributed by atoms with Crippen LogP contribution in [0.3, 0.4) is 0 Å². The Morgan fingerprint density at radius 2 is 1.82 bits per heavy atom. The summed E-state index contributed by atoms with van der Waals surface area (Å²) in [6.45, 7) is 1.76. The summed E-state index contributed by atoms with van der Waals surface area (Å²) < 4.78 is 5.44. The van der Waals surface area contributed by atoms with Crippen LogP contribution in [0.25, 0.3) is 0 Å². The first-order valence-electron chi connectivity index (χ1n) is 6.46. The number of benzene rings is 1. The van der Waals surface area contributed by atoms with Gasteiger partial charge in [0.2, 0.25) is 0 Å². The third-order valence-electron chi connectivity index (χ3n) is 3.45. The summed E-state index contributed by atoms with van der Waals surface area (Å²) in [7, 11) is 0. The van der Waals surface area contributed by atoms with Crippen LogP contribution in [0.2, 0.25) is 0 Å². The van der Waals surface area contributed by atoms with E-state index in [1.54, 1.807) is 6.92 Å². The molecule has 0 heterocycles. The molecule has 1 atom stereocenters. The molecule has 2 rings (SSSR count). The highest BCUT2D eigenvalue weighted by atomic mass is 16.5. The molecule has 1 aliphatic carbocycles. The molecular formula is C15H19NO. The van der Waals surface area contributed by atoms with Gasteiger partial charge in [0, 0.05) is 0 Å². The molecule has 0 radical (unpaired) electrons. The topological polar surface area (TPSA) is 33.0 Å². The van der Waals surface area contributed by atoms with Crippen LogP contribution >= 0.6 is 0 Å². The second-order valence-electron chi connectivity index (χ2n) is 4.79. The number of nitrogens with zero attached hydrogens (tertiary/aromatic N) is 1. The zero-order valence-electron chi connectivity index (χ0n) is 10.4. The lowest BCUT2D eigenvalue weighted by Crippen LogP contribution is -2.08. The highest BCUT2D eigenvalue weighted by Crippen LogP contribution is 2.33. The Hall–Kier alpha value is -1.49. The fourth-order valence-electron chi connectivity index (χ4n) is 2.48. The fourth-order valence-corrected chi connectivity index (χ4v) is 2.48. The average molecular weight is 229 g/mol. The lowest BCUT2D eigenvalue weighted by Gasteiger charge is -2.22. The summed E-state index contributed by atoms with van der Waals surface area (Å²) >= 11 is 0. The van der Waals surface area contributed by atoms with E-state index in [2.05, 4.69) is 18.2 Å². The van der Waals surface area contributed by atoms with Crippen molar-refractivity contribution in [1.82, 2.24) is 0 Å². The van der Waals surface area contributed by atoms with Gasteiger partial charge < -0.3 is 4.74 Å². The summed E-state index contributed by atoms with van der Waals surface area (Å²) in [6, 6.07) is 10.3. The van der Waals surface area contributed by atoms with E-state index in [-0.39, 0.29) is 6.10 Å². The molecule has 1 aromatic carbocycles. The standard InChI is InChI=1S/C15H19NO/c1-12(11-16)17-15-9-7-14(8-10-15)13-5-3-2-4-6-13/h7-10,12-13H,2-6H2,1H3. The van der Waals surface area contributed by atoms with E-state index < -0.39 is 0 Å². The van der Waals surface area contributed by atoms with Crippen molar-refractivity contribution in [3.8, 4) is 11.8 Å². The van der Waals surface area contributed by atoms with Crippen molar-refractivity contribution >= 4 is 0 Å². The molecule has 0 aliphatic heterocycles. The zero-order chi connectivity index (χ0) is 12.1. The first-order chi connectivity index (χ1) is 8.29. The van der Waals surface area contributed by atoms with E-state index in [1.165, 1.54) is 37.7 Å². The molecule has 1 aromatic rings. The van der Waals surface area contributed by atoms with E-state index >= 15 is 0 Å². The Balaban J connectivity index is 2.00. The van der Waals surface area contributed by atoms with Crippen molar-refractivity contribution in [3.05, 3.63) is 29.8 Å². The van der Waals surface area contributed by atoms with Gasteiger partial charge in [0.15, 0.2) is 6.10 Å². The highest BCUT2D eigenvalue weighted by molar-refractivity contribution is 5.30. The molecule has 0 bridgehead atoms. The van der Waals surface area contributed by atoms with E-state index in [1.807, 2.05) is 12.1 Å². The minimum absolute atomic E-state index is 0.379. The number of hydrogen-bond donors (Lipinski definition) is 0. The monoisotopic (exact) mass is 229 g/mol. The molecule has 0 N–H and O–H groups in total. The van der Waals surface area contributed by atoms with Gasteiger partial charge in [-0.1, -0.05) is 31.4 Å². The molecule has 0 spiro atoms. The molecule has 90 valence electrons. The van der Waals surface area contributed by atoms with Crippen LogP contribution in [0.4, 0.5) is 0 Å². The van der Waals surface area contributed by atoms with E-state index in [0.717, 1.165) is 11.7 Å². The molecule has 2 heteroatoms. The SMILES string of the molecule is CC(C#N)Oc1ccc(C2CCCCC2)cc1. The van der Waals surface area contributed by atoms with Crippen molar-refractivity contribution in [2.24, 2.45) is 0 Å². The maximum atomic E-state index is 8.68. The number of hydrogen-bond acceptors (Lipinski definition) is 2. The number of ether oxygens (including phenoxy) is 1. The molecule has 0 saturated heterocycles. The summed E-state index contributed by atoms with van der Waals surface area (Å²) in [5, 5.41) is 8.68. The van der Waals surface area contributed by atoms with Crippen LogP contribution in [0.15, 0.2) is 24.3 Å². The van der Waals surface area contributed by atoms with Crippen molar-refractivity contribution in [1.29, 1.82) is 5.26 Å². The molecule has 0 aromatic heterocycles. The van der Waals surface area contributed by atoms with Crippen LogP contribution < -0.4 is 4.74 Å². The van der Waals surface area contributed by atoms with E-state index in [0.29, 0.717) is 0 Å². The minimum Gasteiger partial charge on any atom is -0.476 e. The van der Waals surface area contributed by atoms with Crippen molar-refractivity contribution < 1.29 is 4.74 Å². The zero-order valence-corrected chi connectivity index (χ0v) is 10.4. The predicted molar refractivity (Wildman–Crippen MR) is 68.0 cm³/mol. The first-order valence-corrected chi connectivity index (χ1v) is 6.46. The second-order valence-corrected chi connectivity index (χ2v) is 4.79. The third-order valence-corrected chi connectivity index (χ3v) is 3.45. The van der Waals surface area contributed by atoms with Gasteiger partial charge in [-0.25, -0.2) is 0 Å². The van der Waals surface area contributed by atoms with Crippen molar-refractivity contribution in [2.75, 3.05) is 0 Å². The lowest BCUT2D eigenvalue weighted by molar-refractivity contribution is 0.276. The Morgan fingerprint density at radius 1 is 1.18 bits per heavy atom. The van der Waals surface area contributed by atoms with Gasteiger partial charge in [-0.3, -0.25) is 0 Å². The predicted octanol–water partition coefficient (Wildman–Crippen LogP) is 4.03. The van der Waals surface area contributed by atoms with Gasteiger partial charge in [0.05, 0.1) is 0 Å². The van der Waals surface area contributed by atoms with Gasteiger partial charge in [-0.2, -0.15) is 5.26 Å². The van der Waals surface area contributed by atoms with E-state index in [4.69, 9.17) is 10.00 Å². The normalized spacial score (nSPS) is 18.4. The minimum atomic E-state index is -0.379. The van der Waals surface area contributed by atoms with Gasteiger partial charge in [0.1, 0.15) is 11.8 Å². The molecular weight excluding hydrogens is 210 g/mol. The summed E-state index contributed by atoms with van der Waals surface area (Å²) in [4.78, 5) is 0. The Labute approximate surface area is 103 Å². The smallest absolute Gasteiger partial charge is 0.181 e. The third kappa shape index (κ3) is 3.23. The summed E-state index contributed by atoms with van der Waals surface area (Å²) in [5.41, 5.74) is 1.42. The Kier molecular flexibility index (Phi) is 4.03. The second kappa shape index (κ2) is 5.72. The number of rotatable bonds is 3. The van der Waals surface area contributed by atoms with Crippen LogP contribution in [-0.4, -0.2) is 6.10 Å². The van der Waals surface area contributed by atoms with Crippen LogP contribution in [0, 0.1) is 11.3 Å². The van der Waals surface area contributed by atoms with Crippen LogP contribution in [0.1, 0.15) is 50.5 Å². The van der Waals surface area contributed by atoms with Gasteiger partial charge in [-0.05, 0) is 43.4 Å². The average Bonchev–Trinajstić information content (AvgIpc) is 2.40. The van der Waals surface area contributed by atoms with Gasteiger partial charge >= 0.3 is 0 Å². The lowest BCUT2D eigenvalue weighted by atomic mass is 9.84. The van der Waals surface area contributed by atoms with Gasteiger partial charge in [0.25, 0.3) is 0 Å². The Bertz CT molecular complexity index is 384. The molecule has 0 amide bonds. The summed E-state index contributed by atoms with van der Waals surface area (Å²) in [6.07, 6.45) is 6.35. The molecule has 1 aliphatic rings. The summed E-state index contributed by atoms with van der Waals surface area (Å²) in [5.74, 6) is 1.52. The van der Waals surface area contributed by atoms with Crippen molar-refractivity contribution in [2.45, 2.75) is 51.0 Å². The van der Waals surface area contributed by atoms with Crippen LogP contribution in [-0.2, 0) is 0 Å². The maximum Gasteiger partial charge on any atom is 0.181 e. The highest BCUT2D eigenvalue weighted by Gasteiger charge is 2.15. The number of nitriles is 1. The Morgan fingerprint density at radius 3 is 2.41 bits per heavy atom.